The van der Waals surface area contributed by atoms with Crippen LogP contribution in [0, 0.1) is 0 Å². The van der Waals surface area contributed by atoms with Crippen LogP contribution in [0.2, 0.25) is 0 Å². The number of ether oxygens (including phenoxy) is 3. The molecule has 0 spiro atoms. The van der Waals surface area contributed by atoms with Gasteiger partial charge >= 0.3 is 11.9 Å². The fourth-order valence-electron chi connectivity index (χ4n) is 5.39. The fourth-order valence-corrected chi connectivity index (χ4v) is 5.39. The number of allylic oxidation sites excluding steroid dienone is 3. The van der Waals surface area contributed by atoms with Crippen LogP contribution in [0.5, 0.6) is 11.5 Å². The quantitative estimate of drug-likeness (QED) is 0.227. The maximum atomic E-state index is 13.7. The zero-order valence-electron chi connectivity index (χ0n) is 22.5. The minimum absolute atomic E-state index is 0.0122. The van der Waals surface area contributed by atoms with Gasteiger partial charge in [0, 0.05) is 36.2 Å². The summed E-state index contributed by atoms with van der Waals surface area (Å²) in [4.78, 5) is 38.7. The highest BCUT2D eigenvalue weighted by atomic mass is 16.6. The summed E-state index contributed by atoms with van der Waals surface area (Å²) in [6.45, 7) is 3.42. The second kappa shape index (κ2) is 12.0. The number of dihydropyridines is 1. The maximum absolute atomic E-state index is 13.7. The minimum atomic E-state index is -0.616. The van der Waals surface area contributed by atoms with E-state index in [0.717, 1.165) is 16.8 Å². The van der Waals surface area contributed by atoms with Crippen molar-refractivity contribution in [3.63, 3.8) is 0 Å². The molecule has 1 aliphatic heterocycles. The van der Waals surface area contributed by atoms with E-state index >= 15 is 0 Å². The number of benzene rings is 3. The van der Waals surface area contributed by atoms with Crippen molar-refractivity contribution in [3.05, 3.63) is 119 Å². The topological polar surface area (TPSA) is 90.9 Å². The van der Waals surface area contributed by atoms with E-state index in [1.807, 2.05) is 67.6 Å². The lowest BCUT2D eigenvalue weighted by Gasteiger charge is -2.36. The number of rotatable bonds is 8. The van der Waals surface area contributed by atoms with Crippen LogP contribution in [0.3, 0.4) is 0 Å². The van der Waals surface area contributed by atoms with Crippen LogP contribution in [0.15, 0.2) is 107 Å². The van der Waals surface area contributed by atoms with Gasteiger partial charge < -0.3 is 19.5 Å². The molecule has 1 heterocycles. The molecule has 2 atom stereocenters. The molecule has 3 aromatic carbocycles. The molecule has 204 valence electrons. The summed E-state index contributed by atoms with van der Waals surface area (Å²) >= 11 is 0. The summed E-state index contributed by atoms with van der Waals surface area (Å²) in [5.41, 5.74) is 4.26. The van der Waals surface area contributed by atoms with Gasteiger partial charge in [-0.1, -0.05) is 60.7 Å². The highest BCUT2D eigenvalue weighted by Crippen LogP contribution is 2.45. The van der Waals surface area contributed by atoms with Gasteiger partial charge in [0.25, 0.3) is 0 Å². The average molecular weight is 538 g/mol. The number of carbonyl (C=O) groups is 3. The van der Waals surface area contributed by atoms with E-state index in [0.29, 0.717) is 41.2 Å². The predicted octanol–water partition coefficient (Wildman–Crippen LogP) is 5.60. The molecule has 0 bridgehead atoms. The summed E-state index contributed by atoms with van der Waals surface area (Å²) < 4.78 is 16.5. The molecule has 3 aromatic rings. The Morgan fingerprint density at radius 2 is 1.50 bits per heavy atom. The molecule has 0 saturated carbocycles. The Morgan fingerprint density at radius 1 is 0.825 bits per heavy atom. The van der Waals surface area contributed by atoms with Gasteiger partial charge in [-0.05, 0) is 54.7 Å². The number of hydrogen-bond donors (Lipinski definition) is 1. The van der Waals surface area contributed by atoms with Gasteiger partial charge in [0.05, 0.1) is 5.57 Å². The molecular weight excluding hydrogens is 506 g/mol. The second-order valence-corrected chi connectivity index (χ2v) is 9.89. The zero-order chi connectivity index (χ0) is 28.1. The fraction of sp³-hybridized carbons (Fsp3) is 0.242. The number of carbonyl (C=O) groups excluding carboxylic acids is 3. The Kier molecular flexibility index (Phi) is 8.10. The summed E-state index contributed by atoms with van der Waals surface area (Å²) in [5.74, 6) is -0.442. The van der Waals surface area contributed by atoms with E-state index in [-0.39, 0.29) is 24.9 Å². The minimum Gasteiger partial charge on any atom is -0.490 e. The number of Topliss-reactive ketones (excluding diaryl/α,β-unsaturated/α-hetero) is 1. The number of para-hydroxylation sites is 1. The first-order chi connectivity index (χ1) is 19.4. The van der Waals surface area contributed by atoms with Crippen molar-refractivity contribution in [2.24, 2.45) is 0 Å². The number of nitrogens with one attached hydrogen (secondary N) is 1. The summed E-state index contributed by atoms with van der Waals surface area (Å²) in [5, 5.41) is 3.37. The summed E-state index contributed by atoms with van der Waals surface area (Å²) in [7, 11) is 0. The smallest absolute Gasteiger partial charge is 0.336 e. The van der Waals surface area contributed by atoms with Crippen LogP contribution in [0.4, 0.5) is 0 Å². The largest absolute Gasteiger partial charge is 0.490 e. The molecule has 0 radical (unpaired) electrons. The molecule has 0 amide bonds. The number of ketones is 1. The molecule has 0 unspecified atom stereocenters. The van der Waals surface area contributed by atoms with Crippen LogP contribution in [-0.2, 0) is 19.1 Å². The number of hydrogen-bond acceptors (Lipinski definition) is 7. The SMILES string of the molecule is CC(=O)Oc1ccc([C@@H]2C(C(=O)OCCOc3ccccc3)=C(C)NC3=C2C(=O)C[C@H](c2ccccc2)C3)cc1. The van der Waals surface area contributed by atoms with E-state index in [1.165, 1.54) is 6.92 Å². The monoisotopic (exact) mass is 537 g/mol. The van der Waals surface area contributed by atoms with E-state index in [9.17, 15) is 14.4 Å². The van der Waals surface area contributed by atoms with Gasteiger partial charge in [0.15, 0.2) is 5.78 Å². The number of esters is 2. The Bertz CT molecular complexity index is 1460. The van der Waals surface area contributed by atoms with Crippen molar-refractivity contribution in [1.82, 2.24) is 5.32 Å². The van der Waals surface area contributed by atoms with Crippen molar-refractivity contribution in [2.45, 2.75) is 38.5 Å². The highest BCUT2D eigenvalue weighted by molar-refractivity contribution is 6.04. The van der Waals surface area contributed by atoms with Crippen molar-refractivity contribution in [1.29, 1.82) is 0 Å². The summed E-state index contributed by atoms with van der Waals surface area (Å²) in [6.07, 6.45) is 0.997. The van der Waals surface area contributed by atoms with Gasteiger partial charge in [-0.15, -0.1) is 0 Å². The Morgan fingerprint density at radius 3 is 2.17 bits per heavy atom. The molecule has 0 aromatic heterocycles. The predicted molar refractivity (Wildman–Crippen MR) is 150 cm³/mol. The molecule has 7 nitrogen and oxygen atoms in total. The average Bonchev–Trinajstić information content (AvgIpc) is 2.95. The van der Waals surface area contributed by atoms with E-state index in [1.54, 1.807) is 24.3 Å². The lowest BCUT2D eigenvalue weighted by molar-refractivity contribution is -0.140. The van der Waals surface area contributed by atoms with Gasteiger partial charge in [-0.25, -0.2) is 4.79 Å². The third kappa shape index (κ3) is 5.99. The standard InChI is InChI=1S/C33H31NO6/c1-21-30(33(37)39-18-17-38-26-11-7-4-8-12-26)31(24-13-15-27(16-14-24)40-22(2)35)32-28(34-21)19-25(20-29(32)36)23-9-5-3-6-10-23/h3-16,25,31,34H,17-20H2,1-2H3/t25-,31-/m1/s1. The van der Waals surface area contributed by atoms with Crippen molar-refractivity contribution in [3.8, 4) is 11.5 Å². The van der Waals surface area contributed by atoms with Crippen LogP contribution >= 0.6 is 0 Å². The molecule has 5 rings (SSSR count). The Balaban J connectivity index is 1.42. The first-order valence-electron chi connectivity index (χ1n) is 13.3. The molecule has 40 heavy (non-hydrogen) atoms. The molecular formula is C33H31NO6. The third-order valence-electron chi connectivity index (χ3n) is 7.12. The van der Waals surface area contributed by atoms with E-state index in [2.05, 4.69) is 5.32 Å². The molecule has 7 heteroatoms. The Hall–Kier alpha value is -4.65. The van der Waals surface area contributed by atoms with Crippen molar-refractivity contribution in [2.75, 3.05) is 13.2 Å². The molecule has 0 fully saturated rings. The van der Waals surface area contributed by atoms with Crippen LogP contribution in [-0.4, -0.2) is 30.9 Å². The van der Waals surface area contributed by atoms with Crippen LogP contribution < -0.4 is 14.8 Å². The molecule has 0 saturated heterocycles. The maximum Gasteiger partial charge on any atom is 0.336 e. The van der Waals surface area contributed by atoms with Gasteiger partial charge in [0.1, 0.15) is 24.7 Å². The van der Waals surface area contributed by atoms with E-state index < -0.39 is 17.9 Å². The van der Waals surface area contributed by atoms with E-state index in [4.69, 9.17) is 14.2 Å². The lowest BCUT2D eigenvalue weighted by Crippen LogP contribution is -2.36. The van der Waals surface area contributed by atoms with Crippen LogP contribution in [0.25, 0.3) is 0 Å². The second-order valence-electron chi connectivity index (χ2n) is 9.89. The van der Waals surface area contributed by atoms with Gasteiger partial charge in [-0.2, -0.15) is 0 Å². The van der Waals surface area contributed by atoms with Crippen LogP contribution in [0.1, 0.15) is 49.7 Å². The highest BCUT2D eigenvalue weighted by Gasteiger charge is 2.41. The first-order valence-corrected chi connectivity index (χ1v) is 13.3. The third-order valence-corrected chi connectivity index (χ3v) is 7.12. The Labute approximate surface area is 233 Å². The van der Waals surface area contributed by atoms with Gasteiger partial charge in [-0.3, -0.25) is 9.59 Å². The lowest BCUT2D eigenvalue weighted by atomic mass is 9.72. The molecule has 1 aliphatic carbocycles. The molecule has 2 aliphatic rings. The zero-order valence-corrected chi connectivity index (χ0v) is 22.5. The van der Waals surface area contributed by atoms with Crippen molar-refractivity contribution >= 4 is 17.7 Å². The molecule has 1 N–H and O–H groups in total. The van der Waals surface area contributed by atoms with Crippen molar-refractivity contribution < 1.29 is 28.6 Å². The summed E-state index contributed by atoms with van der Waals surface area (Å²) in [6, 6.07) is 26.2. The normalized spacial score (nSPS) is 18.5. The first kappa shape index (κ1) is 26.9. The van der Waals surface area contributed by atoms with Gasteiger partial charge in [0.2, 0.25) is 0 Å².